The van der Waals surface area contributed by atoms with Gasteiger partial charge < -0.3 is 5.11 Å². The molecule has 4 rings (SSSR count). The lowest BCUT2D eigenvalue weighted by Crippen LogP contribution is -2.18. The number of carboxylic acids is 1. The van der Waals surface area contributed by atoms with Crippen LogP contribution in [0.25, 0.3) is 10.9 Å². The molecule has 1 heterocycles. The first-order chi connectivity index (χ1) is 11.2. The molecule has 1 aliphatic carbocycles. The summed E-state index contributed by atoms with van der Waals surface area (Å²) in [4.78, 5) is 16.6. The van der Waals surface area contributed by atoms with E-state index in [-0.39, 0.29) is 0 Å². The van der Waals surface area contributed by atoms with Crippen molar-refractivity contribution in [2.75, 3.05) is 0 Å². The molecule has 0 saturated carbocycles. The number of benzene rings is 2. The number of fused-ring (bicyclic) bond motifs is 2. The first kappa shape index (κ1) is 13.9. The van der Waals surface area contributed by atoms with Gasteiger partial charge in [-0.1, -0.05) is 48.5 Å². The van der Waals surface area contributed by atoms with Crippen LogP contribution >= 0.6 is 0 Å². The van der Waals surface area contributed by atoms with Gasteiger partial charge in [0, 0.05) is 11.1 Å². The minimum absolute atomic E-state index is 0.366. The first-order valence-electron chi connectivity index (χ1n) is 7.93. The van der Waals surface area contributed by atoms with E-state index in [2.05, 4.69) is 12.1 Å². The molecule has 0 bridgehead atoms. The Morgan fingerprint density at radius 2 is 1.78 bits per heavy atom. The molecule has 1 N–H and O–H groups in total. The summed E-state index contributed by atoms with van der Waals surface area (Å²) < 4.78 is 0. The average Bonchev–Trinajstić information content (AvgIpc) is 2.59. The zero-order valence-corrected chi connectivity index (χ0v) is 12.7. The number of nitrogens with zero attached hydrogens (tertiary/aromatic N) is 1. The molecule has 0 saturated heterocycles. The van der Waals surface area contributed by atoms with Gasteiger partial charge in [0.15, 0.2) is 0 Å². The van der Waals surface area contributed by atoms with E-state index >= 15 is 0 Å². The SMILES string of the molecule is O=C(O)c1c2c(nc3ccccc13)CC[C@H](c1ccccc1)C2. The number of carboxylic acid groups (broad SMARTS) is 1. The van der Waals surface area contributed by atoms with Crippen molar-refractivity contribution in [3.05, 3.63) is 77.0 Å². The van der Waals surface area contributed by atoms with Crippen LogP contribution in [0.15, 0.2) is 54.6 Å². The van der Waals surface area contributed by atoms with Crippen LogP contribution in [0.1, 0.15) is 39.5 Å². The second-order valence-electron chi connectivity index (χ2n) is 6.08. The lowest BCUT2D eigenvalue weighted by Gasteiger charge is -2.26. The van der Waals surface area contributed by atoms with E-state index in [1.807, 2.05) is 42.5 Å². The van der Waals surface area contributed by atoms with Crippen molar-refractivity contribution >= 4 is 16.9 Å². The molecule has 0 fully saturated rings. The quantitative estimate of drug-likeness (QED) is 0.771. The number of aromatic carboxylic acids is 1. The summed E-state index contributed by atoms with van der Waals surface area (Å²) in [5.41, 5.74) is 4.36. The number of para-hydroxylation sites is 1. The van der Waals surface area contributed by atoms with Gasteiger partial charge in [0.05, 0.1) is 11.1 Å². The zero-order valence-electron chi connectivity index (χ0n) is 12.7. The lowest BCUT2D eigenvalue weighted by molar-refractivity contribution is 0.0697. The van der Waals surface area contributed by atoms with Crippen LogP contribution in [-0.2, 0) is 12.8 Å². The minimum atomic E-state index is -0.853. The summed E-state index contributed by atoms with van der Waals surface area (Å²) in [5.74, 6) is -0.488. The van der Waals surface area contributed by atoms with Crippen LogP contribution in [0.4, 0.5) is 0 Å². The predicted octanol–water partition coefficient (Wildman–Crippen LogP) is 4.21. The molecule has 1 aromatic heterocycles. The molecule has 0 radical (unpaired) electrons. The molecule has 0 aliphatic heterocycles. The Balaban J connectivity index is 1.87. The van der Waals surface area contributed by atoms with Gasteiger partial charge in [0.25, 0.3) is 0 Å². The van der Waals surface area contributed by atoms with Crippen molar-refractivity contribution in [3.8, 4) is 0 Å². The summed E-state index contributed by atoms with van der Waals surface area (Å²) in [5, 5.41) is 10.5. The summed E-state index contributed by atoms with van der Waals surface area (Å²) in [7, 11) is 0. The topological polar surface area (TPSA) is 50.2 Å². The Labute approximate surface area is 134 Å². The Morgan fingerprint density at radius 3 is 2.57 bits per heavy atom. The molecular weight excluding hydrogens is 286 g/mol. The van der Waals surface area contributed by atoms with Gasteiger partial charge in [-0.05, 0) is 42.4 Å². The molecule has 3 heteroatoms. The van der Waals surface area contributed by atoms with E-state index in [1.54, 1.807) is 0 Å². The maximum atomic E-state index is 11.9. The molecule has 0 spiro atoms. The number of hydrogen-bond donors (Lipinski definition) is 1. The van der Waals surface area contributed by atoms with Crippen molar-refractivity contribution in [2.45, 2.75) is 25.2 Å². The third-order valence-electron chi connectivity index (χ3n) is 4.74. The van der Waals surface area contributed by atoms with Crippen LogP contribution in [0.2, 0.25) is 0 Å². The Bertz CT molecular complexity index is 887. The van der Waals surface area contributed by atoms with E-state index in [4.69, 9.17) is 4.98 Å². The monoisotopic (exact) mass is 303 g/mol. The van der Waals surface area contributed by atoms with Gasteiger partial charge >= 0.3 is 5.97 Å². The van der Waals surface area contributed by atoms with E-state index in [0.29, 0.717) is 11.5 Å². The van der Waals surface area contributed by atoms with Gasteiger partial charge in [-0.25, -0.2) is 4.79 Å². The maximum Gasteiger partial charge on any atom is 0.336 e. The van der Waals surface area contributed by atoms with E-state index in [0.717, 1.165) is 41.4 Å². The number of carbonyl (C=O) groups is 1. The first-order valence-corrected chi connectivity index (χ1v) is 7.93. The zero-order chi connectivity index (χ0) is 15.8. The predicted molar refractivity (Wildman–Crippen MR) is 89.9 cm³/mol. The largest absolute Gasteiger partial charge is 0.478 e. The second-order valence-corrected chi connectivity index (χ2v) is 6.08. The maximum absolute atomic E-state index is 11.9. The van der Waals surface area contributed by atoms with Gasteiger partial charge in [0.2, 0.25) is 0 Å². The summed E-state index contributed by atoms with van der Waals surface area (Å²) in [6.45, 7) is 0. The summed E-state index contributed by atoms with van der Waals surface area (Å²) >= 11 is 0. The molecule has 3 aromatic rings. The fourth-order valence-electron chi connectivity index (χ4n) is 3.64. The third-order valence-corrected chi connectivity index (χ3v) is 4.74. The Kier molecular flexibility index (Phi) is 3.34. The highest BCUT2D eigenvalue weighted by atomic mass is 16.4. The number of aryl methyl sites for hydroxylation is 1. The molecule has 1 aliphatic rings. The van der Waals surface area contributed by atoms with Gasteiger partial charge in [0.1, 0.15) is 0 Å². The van der Waals surface area contributed by atoms with Crippen molar-refractivity contribution in [3.63, 3.8) is 0 Å². The van der Waals surface area contributed by atoms with E-state index in [1.165, 1.54) is 5.56 Å². The molecule has 1 atom stereocenters. The summed E-state index contributed by atoms with van der Waals surface area (Å²) in [6, 6.07) is 17.9. The Hall–Kier alpha value is -2.68. The van der Waals surface area contributed by atoms with Crippen LogP contribution in [0, 0.1) is 0 Å². The standard InChI is InChI=1S/C20H17NO2/c22-20(23)19-15-8-4-5-9-17(15)21-18-11-10-14(12-16(18)19)13-6-2-1-3-7-13/h1-9,14H,10-12H2,(H,22,23)/t14-/m0/s1. The molecule has 3 nitrogen and oxygen atoms in total. The molecular formula is C20H17NO2. The second kappa shape index (κ2) is 5.51. The smallest absolute Gasteiger partial charge is 0.336 e. The number of pyridine rings is 1. The number of rotatable bonds is 2. The van der Waals surface area contributed by atoms with E-state index in [9.17, 15) is 9.90 Å². The molecule has 2 aromatic carbocycles. The van der Waals surface area contributed by atoms with Crippen molar-refractivity contribution in [1.82, 2.24) is 4.98 Å². The van der Waals surface area contributed by atoms with Gasteiger partial charge in [-0.3, -0.25) is 4.98 Å². The highest BCUT2D eigenvalue weighted by molar-refractivity contribution is 6.04. The number of aromatic nitrogens is 1. The average molecular weight is 303 g/mol. The van der Waals surface area contributed by atoms with Crippen LogP contribution in [-0.4, -0.2) is 16.1 Å². The highest BCUT2D eigenvalue weighted by Crippen LogP contribution is 2.36. The van der Waals surface area contributed by atoms with Crippen LogP contribution in [0.5, 0.6) is 0 Å². The normalized spacial score (nSPS) is 17.0. The molecule has 0 unspecified atom stereocenters. The van der Waals surface area contributed by atoms with Crippen molar-refractivity contribution < 1.29 is 9.90 Å². The highest BCUT2D eigenvalue weighted by Gasteiger charge is 2.27. The molecule has 0 amide bonds. The van der Waals surface area contributed by atoms with E-state index < -0.39 is 5.97 Å². The lowest BCUT2D eigenvalue weighted by atomic mass is 9.80. The number of hydrogen-bond acceptors (Lipinski definition) is 2. The third kappa shape index (κ3) is 2.38. The minimum Gasteiger partial charge on any atom is -0.478 e. The van der Waals surface area contributed by atoms with Gasteiger partial charge in [-0.15, -0.1) is 0 Å². The Morgan fingerprint density at radius 1 is 1.04 bits per heavy atom. The van der Waals surface area contributed by atoms with Crippen molar-refractivity contribution in [1.29, 1.82) is 0 Å². The van der Waals surface area contributed by atoms with Crippen LogP contribution < -0.4 is 0 Å². The fraction of sp³-hybridized carbons (Fsp3) is 0.200. The van der Waals surface area contributed by atoms with Gasteiger partial charge in [-0.2, -0.15) is 0 Å². The van der Waals surface area contributed by atoms with Crippen LogP contribution in [0.3, 0.4) is 0 Å². The van der Waals surface area contributed by atoms with Crippen molar-refractivity contribution in [2.24, 2.45) is 0 Å². The fourth-order valence-corrected chi connectivity index (χ4v) is 3.64. The summed E-state index contributed by atoms with van der Waals surface area (Å²) in [6.07, 6.45) is 2.60. The molecule has 23 heavy (non-hydrogen) atoms. The molecule has 114 valence electrons.